The summed E-state index contributed by atoms with van der Waals surface area (Å²) >= 11 is 0. The van der Waals surface area contributed by atoms with Crippen LogP contribution in [-0.2, 0) is 13.9 Å². The largest absolute Gasteiger partial charge is 0.332 e. The molecule has 0 aromatic carbocycles. The average molecular weight is 220 g/mol. The lowest BCUT2D eigenvalue weighted by atomic mass is 10.0. The molecule has 0 saturated carbocycles. The highest BCUT2D eigenvalue weighted by Crippen LogP contribution is 2.41. The van der Waals surface area contributed by atoms with Crippen molar-refractivity contribution in [2.24, 2.45) is 5.92 Å². The Morgan fingerprint density at radius 3 is 2.50 bits per heavy atom. The Morgan fingerprint density at radius 2 is 2.07 bits per heavy atom. The lowest BCUT2D eigenvalue weighted by molar-refractivity contribution is -0.117. The van der Waals surface area contributed by atoms with E-state index in [-0.39, 0.29) is 11.9 Å². The first-order valence-electron chi connectivity index (χ1n) is 5.05. The van der Waals surface area contributed by atoms with E-state index in [0.717, 1.165) is 12.8 Å². The molecular formula is C10H21O3P. The molecule has 84 valence electrons. The van der Waals surface area contributed by atoms with E-state index in [1.54, 1.807) is 0 Å². The second kappa shape index (κ2) is 6.36. The maximum Gasteiger partial charge on any atom is 0.207 e. The zero-order chi connectivity index (χ0) is 11.2. The summed E-state index contributed by atoms with van der Waals surface area (Å²) in [5, 5.41) is 0. The predicted octanol–water partition coefficient (Wildman–Crippen LogP) is 2.94. The van der Waals surface area contributed by atoms with Gasteiger partial charge in [-0.15, -0.1) is 0 Å². The molecule has 0 rings (SSSR count). The molecule has 0 amide bonds. The van der Waals surface area contributed by atoms with E-state index in [0.29, 0.717) is 12.3 Å². The Balaban J connectivity index is 3.93. The molecule has 4 heteroatoms. The van der Waals surface area contributed by atoms with Gasteiger partial charge in [0.1, 0.15) is 5.78 Å². The van der Waals surface area contributed by atoms with Gasteiger partial charge in [-0.05, 0) is 5.92 Å². The number of carbonyl (C=O) groups is 1. The van der Waals surface area contributed by atoms with Crippen LogP contribution in [-0.4, -0.2) is 25.7 Å². The highest BCUT2D eigenvalue weighted by molar-refractivity contribution is 7.59. The predicted molar refractivity (Wildman–Crippen MR) is 59.1 cm³/mol. The second-order valence-electron chi connectivity index (χ2n) is 3.99. The maximum atomic E-state index is 11.5. The quantitative estimate of drug-likeness (QED) is 0.619. The SMILES string of the molecule is CCC[C@H](C)CC(=O)CP(C)(=O)OC. The fourth-order valence-corrected chi connectivity index (χ4v) is 2.33. The van der Waals surface area contributed by atoms with Crippen LogP contribution in [0, 0.1) is 5.92 Å². The lowest BCUT2D eigenvalue weighted by Gasteiger charge is -2.12. The molecule has 3 nitrogen and oxygen atoms in total. The Kier molecular flexibility index (Phi) is 6.30. The van der Waals surface area contributed by atoms with E-state index >= 15 is 0 Å². The highest BCUT2D eigenvalue weighted by Gasteiger charge is 2.20. The molecule has 1 unspecified atom stereocenters. The van der Waals surface area contributed by atoms with E-state index in [4.69, 9.17) is 4.52 Å². The van der Waals surface area contributed by atoms with Gasteiger partial charge in [-0.25, -0.2) is 0 Å². The highest BCUT2D eigenvalue weighted by atomic mass is 31.2. The monoisotopic (exact) mass is 220 g/mol. The summed E-state index contributed by atoms with van der Waals surface area (Å²) in [4.78, 5) is 11.5. The lowest BCUT2D eigenvalue weighted by Crippen LogP contribution is -2.10. The number of carbonyl (C=O) groups excluding carboxylic acids is 1. The Morgan fingerprint density at radius 1 is 1.50 bits per heavy atom. The molecule has 0 aliphatic carbocycles. The van der Waals surface area contributed by atoms with Crippen LogP contribution < -0.4 is 0 Å². The number of rotatable bonds is 7. The minimum atomic E-state index is -2.65. The summed E-state index contributed by atoms with van der Waals surface area (Å²) in [6.07, 6.45) is 2.74. The Bertz CT molecular complexity index is 225. The van der Waals surface area contributed by atoms with E-state index in [9.17, 15) is 9.36 Å². The van der Waals surface area contributed by atoms with E-state index in [1.165, 1.54) is 13.8 Å². The third kappa shape index (κ3) is 6.33. The van der Waals surface area contributed by atoms with Crippen LogP contribution in [0.15, 0.2) is 0 Å². The number of ketones is 1. The van der Waals surface area contributed by atoms with Gasteiger partial charge in [-0.3, -0.25) is 9.36 Å². The summed E-state index contributed by atoms with van der Waals surface area (Å²) in [7, 11) is -1.26. The number of hydrogen-bond donors (Lipinski definition) is 0. The first-order valence-corrected chi connectivity index (χ1v) is 7.31. The molecule has 2 atom stereocenters. The molecule has 0 aliphatic heterocycles. The van der Waals surface area contributed by atoms with Gasteiger partial charge in [0.15, 0.2) is 0 Å². The third-order valence-electron chi connectivity index (χ3n) is 2.21. The van der Waals surface area contributed by atoms with Crippen molar-refractivity contribution in [3.8, 4) is 0 Å². The number of Topliss-reactive ketones (excluding diaryl/α,β-unsaturated/α-hetero) is 1. The first kappa shape index (κ1) is 13.9. The minimum absolute atomic E-state index is 0.0543. The van der Waals surface area contributed by atoms with Gasteiger partial charge >= 0.3 is 0 Å². The minimum Gasteiger partial charge on any atom is -0.332 e. The fraction of sp³-hybridized carbons (Fsp3) is 0.900. The van der Waals surface area contributed by atoms with Crippen molar-refractivity contribution >= 4 is 13.2 Å². The molecule has 0 spiro atoms. The van der Waals surface area contributed by atoms with Gasteiger partial charge in [-0.1, -0.05) is 26.7 Å². The third-order valence-corrected chi connectivity index (χ3v) is 3.91. The van der Waals surface area contributed by atoms with Crippen LogP contribution in [0.5, 0.6) is 0 Å². The standard InChI is InChI=1S/C10H21O3P/c1-5-6-9(2)7-10(11)8-14(4,12)13-3/h9H,5-8H2,1-4H3/t9-,14?/m0/s1. The first-order chi connectivity index (χ1) is 6.41. The van der Waals surface area contributed by atoms with Crippen molar-refractivity contribution in [3.63, 3.8) is 0 Å². The summed E-state index contributed by atoms with van der Waals surface area (Å²) < 4.78 is 16.3. The fourth-order valence-electron chi connectivity index (χ4n) is 1.43. The van der Waals surface area contributed by atoms with Crippen molar-refractivity contribution in [2.75, 3.05) is 19.9 Å². The molecule has 0 N–H and O–H groups in total. The normalized spacial score (nSPS) is 17.4. The van der Waals surface area contributed by atoms with E-state index in [2.05, 4.69) is 13.8 Å². The molecule has 0 fully saturated rings. The molecule has 0 heterocycles. The molecule has 14 heavy (non-hydrogen) atoms. The van der Waals surface area contributed by atoms with Crippen molar-refractivity contribution in [3.05, 3.63) is 0 Å². The average Bonchev–Trinajstić information content (AvgIpc) is 2.03. The van der Waals surface area contributed by atoms with Gasteiger partial charge < -0.3 is 4.52 Å². The second-order valence-corrected chi connectivity index (χ2v) is 6.70. The molecule has 0 bridgehead atoms. The summed E-state index contributed by atoms with van der Waals surface area (Å²) in [6.45, 7) is 5.66. The summed E-state index contributed by atoms with van der Waals surface area (Å²) in [6, 6.07) is 0. The van der Waals surface area contributed by atoms with Crippen LogP contribution in [0.2, 0.25) is 0 Å². The van der Waals surface area contributed by atoms with Crippen molar-refractivity contribution in [1.29, 1.82) is 0 Å². The van der Waals surface area contributed by atoms with Gasteiger partial charge in [0, 0.05) is 20.2 Å². The zero-order valence-corrected chi connectivity index (χ0v) is 10.5. The van der Waals surface area contributed by atoms with Crippen LogP contribution in [0.3, 0.4) is 0 Å². The summed E-state index contributed by atoms with van der Waals surface area (Å²) in [5.74, 6) is 0.447. The molecule has 0 aromatic heterocycles. The van der Waals surface area contributed by atoms with Crippen molar-refractivity contribution in [1.82, 2.24) is 0 Å². The van der Waals surface area contributed by atoms with Crippen molar-refractivity contribution in [2.45, 2.75) is 33.1 Å². The molecular weight excluding hydrogens is 199 g/mol. The van der Waals surface area contributed by atoms with Crippen LogP contribution in [0.1, 0.15) is 33.1 Å². The van der Waals surface area contributed by atoms with E-state index in [1.807, 2.05) is 0 Å². The Labute approximate surface area is 86.7 Å². The zero-order valence-electron chi connectivity index (χ0n) is 9.58. The van der Waals surface area contributed by atoms with E-state index < -0.39 is 7.37 Å². The molecule has 0 aromatic rings. The Hall–Kier alpha value is -0.140. The van der Waals surface area contributed by atoms with Crippen LogP contribution in [0.4, 0.5) is 0 Å². The molecule has 0 aliphatic rings. The molecule has 0 radical (unpaired) electrons. The van der Waals surface area contributed by atoms with Gasteiger partial charge in [0.05, 0.1) is 6.16 Å². The molecule has 0 saturated heterocycles. The summed E-state index contributed by atoms with van der Waals surface area (Å²) in [5.41, 5.74) is 0. The van der Waals surface area contributed by atoms with Gasteiger partial charge in [0.2, 0.25) is 7.37 Å². The topological polar surface area (TPSA) is 43.4 Å². The maximum absolute atomic E-state index is 11.5. The van der Waals surface area contributed by atoms with Gasteiger partial charge in [0.25, 0.3) is 0 Å². The van der Waals surface area contributed by atoms with Gasteiger partial charge in [-0.2, -0.15) is 0 Å². The smallest absolute Gasteiger partial charge is 0.207 e. The van der Waals surface area contributed by atoms with Crippen LogP contribution in [0.25, 0.3) is 0 Å². The van der Waals surface area contributed by atoms with Crippen molar-refractivity contribution < 1.29 is 13.9 Å². The van der Waals surface area contributed by atoms with Crippen LogP contribution >= 0.6 is 7.37 Å². The number of hydrogen-bond acceptors (Lipinski definition) is 3.